The Hall–Kier alpha value is -5.37. The van der Waals surface area contributed by atoms with Crippen LogP contribution in [0.4, 0.5) is 10.5 Å². The molecule has 0 bridgehead atoms. The van der Waals surface area contributed by atoms with Crippen molar-refractivity contribution >= 4 is 17.7 Å². The van der Waals surface area contributed by atoms with Crippen molar-refractivity contribution in [1.29, 1.82) is 0 Å². The van der Waals surface area contributed by atoms with E-state index in [4.69, 9.17) is 14.7 Å². The molecule has 3 heterocycles. The zero-order chi connectivity index (χ0) is 29.8. The first-order chi connectivity index (χ1) is 21.0. The molecule has 0 saturated heterocycles. The molecule has 0 unspecified atom stereocenters. The highest BCUT2D eigenvalue weighted by molar-refractivity contribution is 5.92. The average Bonchev–Trinajstić information content (AvgIpc) is 3.05. The van der Waals surface area contributed by atoms with Crippen molar-refractivity contribution in [3.63, 3.8) is 0 Å². The van der Waals surface area contributed by atoms with Gasteiger partial charge in [-0.05, 0) is 66.9 Å². The maximum Gasteiger partial charge on any atom is 0.338 e. The summed E-state index contributed by atoms with van der Waals surface area (Å²) >= 11 is 0. The number of carbonyl (C=O) groups is 2. The molecule has 214 valence electrons. The molecule has 5 aromatic rings. The standard InChI is InChI=1S/C35H31N5O3/c1-3-43-34(41)26-12-6-10-24(19-26)25-11-7-14-28(20-25)37-35(42)40-18-16-31-30(22-40)32(29-15-5-4-9-23(29)2)39-33(38-31)27-13-8-17-36-21-27/h4-15,17,19-21H,3,16,18,22H2,1-2H3,(H,37,42). The first kappa shape index (κ1) is 27.8. The molecule has 43 heavy (non-hydrogen) atoms. The minimum atomic E-state index is -0.360. The van der Waals surface area contributed by atoms with Gasteiger partial charge >= 0.3 is 12.0 Å². The number of esters is 1. The molecular weight excluding hydrogens is 538 g/mol. The Morgan fingerprint density at radius 1 is 0.907 bits per heavy atom. The Morgan fingerprint density at radius 3 is 2.49 bits per heavy atom. The van der Waals surface area contributed by atoms with E-state index in [0.29, 0.717) is 43.2 Å². The van der Waals surface area contributed by atoms with Gasteiger partial charge < -0.3 is 15.0 Å². The van der Waals surface area contributed by atoms with E-state index < -0.39 is 0 Å². The van der Waals surface area contributed by atoms with E-state index in [9.17, 15) is 9.59 Å². The topological polar surface area (TPSA) is 97.3 Å². The average molecular weight is 570 g/mol. The van der Waals surface area contributed by atoms with Gasteiger partial charge in [0.25, 0.3) is 0 Å². The SMILES string of the molecule is CCOC(=O)c1cccc(-c2cccc(NC(=O)N3CCc4nc(-c5cccnc5)nc(-c5ccccc5C)c4C3)c2)c1. The number of ether oxygens (including phenoxy) is 1. The lowest BCUT2D eigenvalue weighted by molar-refractivity contribution is 0.0526. The van der Waals surface area contributed by atoms with Gasteiger partial charge in [0.2, 0.25) is 0 Å². The molecule has 0 spiro atoms. The van der Waals surface area contributed by atoms with E-state index in [-0.39, 0.29) is 12.0 Å². The van der Waals surface area contributed by atoms with Crippen LogP contribution in [0.1, 0.15) is 34.1 Å². The van der Waals surface area contributed by atoms with Crippen molar-refractivity contribution < 1.29 is 14.3 Å². The van der Waals surface area contributed by atoms with Gasteiger partial charge in [-0.1, -0.05) is 48.5 Å². The molecule has 1 aliphatic heterocycles. The van der Waals surface area contributed by atoms with Crippen molar-refractivity contribution in [1.82, 2.24) is 19.9 Å². The normalized spacial score (nSPS) is 12.4. The van der Waals surface area contributed by atoms with Crippen molar-refractivity contribution in [3.8, 4) is 33.8 Å². The maximum absolute atomic E-state index is 13.5. The van der Waals surface area contributed by atoms with E-state index in [2.05, 4.69) is 29.4 Å². The van der Waals surface area contributed by atoms with E-state index in [1.54, 1.807) is 36.4 Å². The largest absolute Gasteiger partial charge is 0.462 e. The third-order valence-electron chi connectivity index (χ3n) is 7.49. The van der Waals surface area contributed by atoms with E-state index in [1.165, 1.54) is 0 Å². The molecule has 3 aromatic carbocycles. The number of nitrogens with zero attached hydrogens (tertiary/aromatic N) is 4. The fourth-order valence-corrected chi connectivity index (χ4v) is 5.29. The van der Waals surface area contributed by atoms with Crippen LogP contribution < -0.4 is 5.32 Å². The van der Waals surface area contributed by atoms with Crippen molar-refractivity contribution in [3.05, 3.63) is 120 Å². The zero-order valence-electron chi connectivity index (χ0n) is 24.1. The Balaban J connectivity index is 1.26. The molecule has 2 amide bonds. The van der Waals surface area contributed by atoms with Gasteiger partial charge in [-0.3, -0.25) is 4.98 Å². The minimum absolute atomic E-state index is 0.199. The fraction of sp³-hybridized carbons (Fsp3) is 0.171. The predicted molar refractivity (Wildman–Crippen MR) is 166 cm³/mol. The second-order valence-corrected chi connectivity index (χ2v) is 10.4. The van der Waals surface area contributed by atoms with Crippen LogP contribution in [0.5, 0.6) is 0 Å². The summed E-state index contributed by atoms with van der Waals surface area (Å²) in [5, 5.41) is 3.06. The molecule has 0 fully saturated rings. The number of urea groups is 1. The van der Waals surface area contributed by atoms with Gasteiger partial charge in [0, 0.05) is 47.7 Å². The van der Waals surface area contributed by atoms with Crippen LogP contribution in [0.25, 0.3) is 33.8 Å². The van der Waals surface area contributed by atoms with Gasteiger partial charge in [-0.2, -0.15) is 0 Å². The number of hydrogen-bond donors (Lipinski definition) is 1. The predicted octanol–water partition coefficient (Wildman–Crippen LogP) is 6.95. The summed E-state index contributed by atoms with van der Waals surface area (Å²) < 4.78 is 5.15. The number of rotatable bonds is 6. The Morgan fingerprint density at radius 2 is 1.70 bits per heavy atom. The van der Waals surface area contributed by atoms with Crippen LogP contribution in [0.3, 0.4) is 0 Å². The number of pyridine rings is 1. The molecule has 2 aromatic heterocycles. The number of nitrogens with one attached hydrogen (secondary N) is 1. The smallest absolute Gasteiger partial charge is 0.338 e. The number of fused-ring (bicyclic) bond motifs is 1. The van der Waals surface area contributed by atoms with Gasteiger partial charge in [-0.25, -0.2) is 19.6 Å². The molecule has 1 N–H and O–H groups in total. The van der Waals surface area contributed by atoms with Gasteiger partial charge in [0.1, 0.15) is 0 Å². The summed E-state index contributed by atoms with van der Waals surface area (Å²) in [6.45, 7) is 5.08. The van der Waals surface area contributed by atoms with Crippen molar-refractivity contribution in [2.75, 3.05) is 18.5 Å². The molecule has 0 saturated carbocycles. The summed E-state index contributed by atoms with van der Waals surface area (Å²) in [7, 11) is 0. The van der Waals surface area contributed by atoms with Crippen LogP contribution >= 0.6 is 0 Å². The summed E-state index contributed by atoms with van der Waals surface area (Å²) in [4.78, 5) is 41.7. The van der Waals surface area contributed by atoms with Gasteiger partial charge in [-0.15, -0.1) is 0 Å². The molecule has 8 nitrogen and oxygen atoms in total. The lowest BCUT2D eigenvalue weighted by Gasteiger charge is -2.30. The monoisotopic (exact) mass is 569 g/mol. The molecule has 0 atom stereocenters. The first-order valence-corrected chi connectivity index (χ1v) is 14.3. The third-order valence-corrected chi connectivity index (χ3v) is 7.49. The van der Waals surface area contributed by atoms with E-state index in [1.807, 2.05) is 60.7 Å². The highest BCUT2D eigenvalue weighted by Crippen LogP contribution is 2.33. The molecular formula is C35H31N5O3. The highest BCUT2D eigenvalue weighted by atomic mass is 16.5. The number of hydrogen-bond acceptors (Lipinski definition) is 6. The Kier molecular flexibility index (Phi) is 7.91. The van der Waals surface area contributed by atoms with Crippen molar-refractivity contribution in [2.24, 2.45) is 0 Å². The fourth-order valence-electron chi connectivity index (χ4n) is 5.29. The number of amides is 2. The second-order valence-electron chi connectivity index (χ2n) is 10.4. The summed E-state index contributed by atoms with van der Waals surface area (Å²) in [6.07, 6.45) is 4.11. The number of aromatic nitrogens is 3. The Bertz CT molecular complexity index is 1810. The molecule has 6 rings (SSSR count). The number of carbonyl (C=O) groups excluding carboxylic acids is 2. The Labute approximate surface area is 250 Å². The number of anilines is 1. The lowest BCUT2D eigenvalue weighted by Crippen LogP contribution is -2.39. The lowest BCUT2D eigenvalue weighted by atomic mass is 9.96. The molecule has 8 heteroatoms. The van der Waals surface area contributed by atoms with E-state index in [0.717, 1.165) is 44.8 Å². The molecule has 1 aliphatic rings. The number of benzene rings is 3. The summed E-state index contributed by atoms with van der Waals surface area (Å²) in [5.74, 6) is 0.271. The van der Waals surface area contributed by atoms with Crippen LogP contribution in [-0.4, -0.2) is 45.0 Å². The van der Waals surface area contributed by atoms with Crippen LogP contribution in [0.2, 0.25) is 0 Å². The maximum atomic E-state index is 13.5. The molecule has 0 radical (unpaired) electrons. The van der Waals surface area contributed by atoms with Crippen molar-refractivity contribution in [2.45, 2.75) is 26.8 Å². The van der Waals surface area contributed by atoms with Crippen LogP contribution in [0.15, 0.2) is 97.3 Å². The van der Waals surface area contributed by atoms with Gasteiger partial charge in [0.05, 0.1) is 30.1 Å². The minimum Gasteiger partial charge on any atom is -0.462 e. The van der Waals surface area contributed by atoms with E-state index >= 15 is 0 Å². The second kappa shape index (κ2) is 12.2. The zero-order valence-corrected chi connectivity index (χ0v) is 24.1. The van der Waals surface area contributed by atoms with Crippen LogP contribution in [-0.2, 0) is 17.7 Å². The highest BCUT2D eigenvalue weighted by Gasteiger charge is 2.27. The summed E-state index contributed by atoms with van der Waals surface area (Å²) in [5.41, 5.74) is 8.60. The number of aryl methyl sites for hydroxylation is 1. The quantitative estimate of drug-likeness (QED) is 0.222. The van der Waals surface area contributed by atoms with Crippen LogP contribution in [0, 0.1) is 6.92 Å². The third kappa shape index (κ3) is 5.99. The summed E-state index contributed by atoms with van der Waals surface area (Å²) in [6, 6.07) is 26.7. The molecule has 0 aliphatic carbocycles. The first-order valence-electron chi connectivity index (χ1n) is 14.3. The van der Waals surface area contributed by atoms with Gasteiger partial charge in [0.15, 0.2) is 5.82 Å².